The van der Waals surface area contributed by atoms with Crippen LogP contribution in [0, 0.1) is 11.6 Å². The van der Waals surface area contributed by atoms with Gasteiger partial charge in [0.1, 0.15) is 23.1 Å². The largest absolute Gasteiger partial charge is 0.543 e. The van der Waals surface area contributed by atoms with Crippen molar-refractivity contribution in [2.45, 2.75) is 38.9 Å². The number of aromatic hydroxyl groups is 1. The molecule has 0 fully saturated rings. The zero-order valence-corrected chi connectivity index (χ0v) is 17.3. The van der Waals surface area contributed by atoms with Crippen LogP contribution in [0.5, 0.6) is 11.5 Å². The van der Waals surface area contributed by atoms with Gasteiger partial charge < -0.3 is 9.53 Å². The minimum absolute atomic E-state index is 0.0891. The van der Waals surface area contributed by atoms with Crippen molar-refractivity contribution in [1.29, 1.82) is 0 Å². The van der Waals surface area contributed by atoms with Gasteiger partial charge in [0, 0.05) is 22.2 Å². The van der Waals surface area contributed by atoms with Crippen molar-refractivity contribution in [2.75, 3.05) is 0 Å². The number of hydrogen-bond acceptors (Lipinski definition) is 2. The molecule has 2 aromatic carbocycles. The molecule has 138 valence electrons. The first-order chi connectivity index (χ1) is 11.3. The third kappa shape index (κ3) is 7.22. The average molecular weight is 407 g/mol. The van der Waals surface area contributed by atoms with E-state index in [-0.39, 0.29) is 21.6 Å². The fourth-order valence-electron chi connectivity index (χ4n) is 1.57. The van der Waals surface area contributed by atoms with Gasteiger partial charge in [-0.3, -0.25) is 0 Å². The van der Waals surface area contributed by atoms with E-state index in [0.29, 0.717) is 10.8 Å². The summed E-state index contributed by atoms with van der Waals surface area (Å²) in [5.41, 5.74) is 0. The van der Waals surface area contributed by atoms with E-state index >= 15 is 0 Å². The highest BCUT2D eigenvalue weighted by Gasteiger charge is 2.39. The summed E-state index contributed by atoms with van der Waals surface area (Å²) in [6, 6.07) is 7.70. The molecule has 0 radical (unpaired) electrons. The monoisotopic (exact) mass is 406 g/mol. The molecular formula is C18H22Cl2F2O2Si. The molecule has 0 bridgehead atoms. The van der Waals surface area contributed by atoms with Crippen molar-refractivity contribution in [3.63, 3.8) is 0 Å². The predicted molar refractivity (Wildman–Crippen MR) is 102 cm³/mol. The molecule has 1 N–H and O–H groups in total. The van der Waals surface area contributed by atoms with Gasteiger partial charge in [-0.2, -0.15) is 0 Å². The van der Waals surface area contributed by atoms with Crippen LogP contribution in [0.25, 0.3) is 0 Å². The molecule has 0 saturated heterocycles. The summed E-state index contributed by atoms with van der Waals surface area (Å²) in [4.78, 5) is 0. The lowest BCUT2D eigenvalue weighted by Crippen LogP contribution is -2.43. The van der Waals surface area contributed by atoms with E-state index in [1.807, 2.05) is 0 Å². The Morgan fingerprint density at radius 3 is 1.76 bits per heavy atom. The highest BCUT2D eigenvalue weighted by molar-refractivity contribution is 6.74. The van der Waals surface area contributed by atoms with Crippen LogP contribution in [0.3, 0.4) is 0 Å². The molecule has 0 unspecified atom stereocenters. The smallest absolute Gasteiger partial charge is 0.250 e. The molecule has 0 aliphatic carbocycles. The minimum Gasteiger partial charge on any atom is -0.543 e. The molecule has 2 aromatic rings. The fraction of sp³-hybridized carbons (Fsp3) is 0.333. The van der Waals surface area contributed by atoms with Gasteiger partial charge in [0.05, 0.1) is 0 Å². The zero-order chi connectivity index (χ0) is 19.4. The maximum atomic E-state index is 13.2. The number of halogens is 4. The van der Waals surface area contributed by atoms with E-state index < -0.39 is 14.1 Å². The summed E-state index contributed by atoms with van der Waals surface area (Å²) in [5, 5.41) is 9.33. The van der Waals surface area contributed by atoms with Crippen molar-refractivity contribution in [3.8, 4) is 11.5 Å². The predicted octanol–water partition coefficient (Wildman–Crippen LogP) is 7.05. The normalized spacial score (nSPS) is 11.6. The summed E-state index contributed by atoms with van der Waals surface area (Å²) in [7, 11) is -1.92. The highest BCUT2D eigenvalue weighted by atomic mass is 35.5. The molecule has 0 aromatic heterocycles. The van der Waals surface area contributed by atoms with Crippen LogP contribution in [0.4, 0.5) is 8.78 Å². The van der Waals surface area contributed by atoms with Crippen LogP contribution in [-0.4, -0.2) is 13.4 Å². The Bertz CT molecular complexity index is 661. The van der Waals surface area contributed by atoms with E-state index in [0.717, 1.165) is 12.1 Å². The first-order valence-electron chi connectivity index (χ1n) is 7.60. The molecule has 0 spiro atoms. The number of rotatable bonds is 2. The third-order valence-corrected chi connectivity index (χ3v) is 8.66. The highest BCUT2D eigenvalue weighted by Crippen LogP contribution is 2.37. The lowest BCUT2D eigenvalue weighted by Gasteiger charge is -2.36. The summed E-state index contributed by atoms with van der Waals surface area (Å²) in [5.74, 6) is -0.516. The standard InChI is InChI=1S/C12H18ClFOSi.C6H4ClFO/c1-12(2,3)16(4,5)15-11-7-9(13)6-10(14)8-11;7-4-1-5(8)3-6(9)2-4/h6-8H,1-5H3;1-3,9H. The Labute approximate surface area is 158 Å². The van der Waals surface area contributed by atoms with E-state index in [2.05, 4.69) is 33.9 Å². The van der Waals surface area contributed by atoms with Gasteiger partial charge in [-0.05, 0) is 42.4 Å². The van der Waals surface area contributed by atoms with E-state index in [1.165, 1.54) is 18.2 Å². The van der Waals surface area contributed by atoms with E-state index in [9.17, 15) is 8.78 Å². The molecule has 7 heteroatoms. The lowest BCUT2D eigenvalue weighted by molar-refractivity contribution is 0.469. The van der Waals surface area contributed by atoms with Gasteiger partial charge >= 0.3 is 0 Å². The zero-order valence-electron chi connectivity index (χ0n) is 14.8. The number of phenolic OH excluding ortho intramolecular Hbond substituents is 1. The van der Waals surface area contributed by atoms with Gasteiger partial charge in [0.15, 0.2) is 0 Å². The topological polar surface area (TPSA) is 29.5 Å². The molecular weight excluding hydrogens is 385 g/mol. The molecule has 0 aliphatic rings. The Hall–Kier alpha value is -1.30. The first kappa shape index (κ1) is 21.7. The summed E-state index contributed by atoms with van der Waals surface area (Å²) in [6.07, 6.45) is 0. The molecule has 0 atom stereocenters. The molecule has 25 heavy (non-hydrogen) atoms. The van der Waals surface area contributed by atoms with Crippen LogP contribution >= 0.6 is 23.2 Å². The Morgan fingerprint density at radius 1 is 0.880 bits per heavy atom. The van der Waals surface area contributed by atoms with E-state index in [1.54, 1.807) is 6.07 Å². The summed E-state index contributed by atoms with van der Waals surface area (Å²) < 4.78 is 31.3. The van der Waals surface area contributed by atoms with Crippen molar-refractivity contribution >= 4 is 31.5 Å². The number of phenols is 1. The van der Waals surface area contributed by atoms with E-state index in [4.69, 9.17) is 32.7 Å². The van der Waals surface area contributed by atoms with Crippen LogP contribution < -0.4 is 4.43 Å². The van der Waals surface area contributed by atoms with Crippen molar-refractivity contribution in [3.05, 3.63) is 58.1 Å². The van der Waals surface area contributed by atoms with Crippen LogP contribution in [0.1, 0.15) is 20.8 Å². The molecule has 0 aliphatic heterocycles. The van der Waals surface area contributed by atoms with Gasteiger partial charge in [-0.25, -0.2) is 8.78 Å². The Morgan fingerprint density at radius 2 is 1.36 bits per heavy atom. The van der Waals surface area contributed by atoms with Gasteiger partial charge in [-0.1, -0.05) is 44.0 Å². The average Bonchev–Trinajstić information content (AvgIpc) is 2.33. The van der Waals surface area contributed by atoms with Crippen LogP contribution in [0.15, 0.2) is 36.4 Å². The second-order valence-electron chi connectivity index (χ2n) is 7.10. The minimum atomic E-state index is -1.92. The first-order valence-corrected chi connectivity index (χ1v) is 11.3. The Kier molecular flexibility index (Phi) is 7.29. The molecule has 0 amide bonds. The maximum absolute atomic E-state index is 13.2. The van der Waals surface area contributed by atoms with Gasteiger partial charge in [0.2, 0.25) is 8.32 Å². The molecule has 2 nitrogen and oxygen atoms in total. The summed E-state index contributed by atoms with van der Waals surface area (Å²) in [6.45, 7) is 10.7. The fourth-order valence-corrected chi connectivity index (χ4v) is 3.02. The molecule has 2 rings (SSSR count). The quantitative estimate of drug-likeness (QED) is 0.541. The van der Waals surface area contributed by atoms with Crippen LogP contribution in [0.2, 0.25) is 28.2 Å². The lowest BCUT2D eigenvalue weighted by atomic mass is 10.2. The number of hydrogen-bond donors (Lipinski definition) is 1. The summed E-state index contributed by atoms with van der Waals surface area (Å²) >= 11 is 11.1. The molecule has 0 heterocycles. The number of benzene rings is 2. The Balaban J connectivity index is 0.000000293. The third-order valence-electron chi connectivity index (χ3n) is 3.86. The second kappa shape index (κ2) is 8.38. The SMILES string of the molecule is CC(C)(C)[Si](C)(C)Oc1cc(F)cc(Cl)c1.Oc1cc(F)cc(Cl)c1. The van der Waals surface area contributed by atoms with Gasteiger partial charge in [0.25, 0.3) is 0 Å². The van der Waals surface area contributed by atoms with Crippen molar-refractivity contribution in [1.82, 2.24) is 0 Å². The molecule has 0 saturated carbocycles. The van der Waals surface area contributed by atoms with Crippen LogP contribution in [-0.2, 0) is 0 Å². The van der Waals surface area contributed by atoms with Crippen molar-refractivity contribution in [2.24, 2.45) is 0 Å². The maximum Gasteiger partial charge on any atom is 0.250 e. The second-order valence-corrected chi connectivity index (χ2v) is 12.7. The van der Waals surface area contributed by atoms with Gasteiger partial charge in [-0.15, -0.1) is 0 Å². The van der Waals surface area contributed by atoms with Crippen molar-refractivity contribution < 1.29 is 18.3 Å².